The van der Waals surface area contributed by atoms with E-state index in [9.17, 15) is 9.18 Å². The SMILES string of the molecule is C=C(CC(C)F)NC=O. The second-order valence-corrected chi connectivity index (χ2v) is 1.85. The summed E-state index contributed by atoms with van der Waals surface area (Å²) in [7, 11) is 0. The maximum atomic E-state index is 12.1. The lowest BCUT2D eigenvalue weighted by Gasteiger charge is -2.02. The molecule has 1 atom stereocenters. The van der Waals surface area contributed by atoms with E-state index in [4.69, 9.17) is 0 Å². The maximum Gasteiger partial charge on any atom is 0.211 e. The summed E-state index contributed by atoms with van der Waals surface area (Å²) < 4.78 is 12.1. The van der Waals surface area contributed by atoms with Crippen molar-refractivity contribution in [2.45, 2.75) is 19.5 Å². The van der Waals surface area contributed by atoms with Crippen LogP contribution in [-0.4, -0.2) is 12.6 Å². The minimum absolute atomic E-state index is 0.193. The van der Waals surface area contributed by atoms with Gasteiger partial charge in [-0.2, -0.15) is 0 Å². The summed E-state index contributed by atoms with van der Waals surface area (Å²) in [6.07, 6.45) is -0.256. The Kier molecular flexibility index (Phi) is 3.67. The third-order valence-corrected chi connectivity index (χ3v) is 0.791. The van der Waals surface area contributed by atoms with E-state index in [-0.39, 0.29) is 6.42 Å². The van der Waals surface area contributed by atoms with Gasteiger partial charge in [0.05, 0.1) is 0 Å². The fourth-order valence-corrected chi connectivity index (χ4v) is 0.482. The predicted molar refractivity (Wildman–Crippen MR) is 33.5 cm³/mol. The molecule has 0 spiro atoms. The van der Waals surface area contributed by atoms with Crippen LogP contribution in [0.15, 0.2) is 12.3 Å². The Hall–Kier alpha value is -0.860. The van der Waals surface area contributed by atoms with E-state index >= 15 is 0 Å². The molecule has 1 amide bonds. The van der Waals surface area contributed by atoms with Crippen LogP contribution in [0.1, 0.15) is 13.3 Å². The van der Waals surface area contributed by atoms with Crippen LogP contribution in [0.5, 0.6) is 0 Å². The molecule has 0 aliphatic carbocycles. The number of amides is 1. The molecule has 0 aromatic rings. The molecule has 1 N–H and O–H groups in total. The molecule has 52 valence electrons. The Morgan fingerprint density at radius 1 is 2.00 bits per heavy atom. The highest BCUT2D eigenvalue weighted by molar-refractivity contribution is 5.49. The number of allylic oxidation sites excluding steroid dienone is 1. The molecule has 3 heteroatoms. The first-order valence-electron chi connectivity index (χ1n) is 2.69. The minimum Gasteiger partial charge on any atom is -0.333 e. The van der Waals surface area contributed by atoms with E-state index in [2.05, 4.69) is 11.9 Å². The van der Waals surface area contributed by atoms with E-state index in [1.807, 2.05) is 0 Å². The van der Waals surface area contributed by atoms with E-state index in [1.54, 1.807) is 0 Å². The van der Waals surface area contributed by atoms with E-state index < -0.39 is 6.17 Å². The Morgan fingerprint density at radius 2 is 2.56 bits per heavy atom. The molecule has 0 radical (unpaired) electrons. The predicted octanol–water partition coefficient (Wildman–Crippen LogP) is 0.994. The van der Waals surface area contributed by atoms with Crippen molar-refractivity contribution in [2.24, 2.45) is 0 Å². The second-order valence-electron chi connectivity index (χ2n) is 1.85. The Labute approximate surface area is 53.8 Å². The molecule has 0 aromatic carbocycles. The number of alkyl halides is 1. The van der Waals surface area contributed by atoms with Gasteiger partial charge in [0.2, 0.25) is 6.41 Å². The highest BCUT2D eigenvalue weighted by Gasteiger charge is 1.98. The number of halogens is 1. The van der Waals surface area contributed by atoms with Crippen LogP contribution in [0.2, 0.25) is 0 Å². The minimum atomic E-state index is -0.940. The van der Waals surface area contributed by atoms with Crippen LogP contribution in [-0.2, 0) is 4.79 Å². The lowest BCUT2D eigenvalue weighted by Crippen LogP contribution is -2.11. The van der Waals surface area contributed by atoms with Crippen molar-refractivity contribution in [1.29, 1.82) is 0 Å². The summed E-state index contributed by atoms with van der Waals surface area (Å²) in [5, 5.41) is 2.26. The molecule has 0 aliphatic heterocycles. The van der Waals surface area contributed by atoms with E-state index in [0.717, 1.165) is 0 Å². The van der Waals surface area contributed by atoms with Crippen molar-refractivity contribution in [3.8, 4) is 0 Å². The highest BCUT2D eigenvalue weighted by atomic mass is 19.1. The molecule has 0 saturated heterocycles. The molecule has 0 aliphatic rings. The summed E-state index contributed by atoms with van der Waals surface area (Å²) in [6, 6.07) is 0. The fraction of sp³-hybridized carbons (Fsp3) is 0.500. The van der Waals surface area contributed by atoms with Gasteiger partial charge in [-0.3, -0.25) is 4.79 Å². The smallest absolute Gasteiger partial charge is 0.211 e. The lowest BCUT2D eigenvalue weighted by molar-refractivity contribution is -0.109. The largest absolute Gasteiger partial charge is 0.333 e. The highest BCUT2D eigenvalue weighted by Crippen LogP contribution is 2.00. The zero-order valence-electron chi connectivity index (χ0n) is 5.36. The molecule has 0 saturated carbocycles. The van der Waals surface area contributed by atoms with Gasteiger partial charge in [-0.25, -0.2) is 4.39 Å². The molecule has 0 rings (SSSR count). The van der Waals surface area contributed by atoms with Crippen molar-refractivity contribution in [1.82, 2.24) is 5.32 Å². The maximum absolute atomic E-state index is 12.1. The Balaban J connectivity index is 3.38. The molecule has 0 fully saturated rings. The molecular formula is C6H10FNO. The van der Waals surface area contributed by atoms with Gasteiger partial charge in [-0.05, 0) is 6.92 Å². The first-order valence-corrected chi connectivity index (χ1v) is 2.69. The molecular weight excluding hydrogens is 121 g/mol. The third kappa shape index (κ3) is 5.00. The fourth-order valence-electron chi connectivity index (χ4n) is 0.482. The zero-order valence-corrected chi connectivity index (χ0v) is 5.36. The number of nitrogens with one attached hydrogen (secondary N) is 1. The Bertz CT molecular complexity index is 112. The van der Waals surface area contributed by atoms with Crippen molar-refractivity contribution < 1.29 is 9.18 Å². The van der Waals surface area contributed by atoms with Crippen LogP contribution in [0.3, 0.4) is 0 Å². The van der Waals surface area contributed by atoms with Gasteiger partial charge in [0, 0.05) is 12.1 Å². The number of hydrogen-bond donors (Lipinski definition) is 1. The number of hydrogen-bond acceptors (Lipinski definition) is 1. The van der Waals surface area contributed by atoms with E-state index in [1.165, 1.54) is 6.92 Å². The summed E-state index contributed by atoms with van der Waals surface area (Å²) in [4.78, 5) is 9.70. The molecule has 0 aromatic heterocycles. The molecule has 1 unspecified atom stereocenters. The quantitative estimate of drug-likeness (QED) is 0.566. The van der Waals surface area contributed by atoms with E-state index in [0.29, 0.717) is 12.1 Å². The topological polar surface area (TPSA) is 29.1 Å². The average molecular weight is 131 g/mol. The average Bonchev–Trinajstić information content (AvgIpc) is 1.63. The Morgan fingerprint density at radius 3 is 2.89 bits per heavy atom. The van der Waals surface area contributed by atoms with Crippen LogP contribution in [0.4, 0.5) is 4.39 Å². The van der Waals surface area contributed by atoms with Crippen LogP contribution in [0, 0.1) is 0 Å². The van der Waals surface area contributed by atoms with Crippen LogP contribution < -0.4 is 5.32 Å². The van der Waals surface area contributed by atoms with Gasteiger partial charge < -0.3 is 5.32 Å². The monoisotopic (exact) mass is 131 g/mol. The standard InChI is InChI=1S/C6H10FNO/c1-5(7)3-6(2)8-4-9/h4-5H,2-3H2,1H3,(H,8,9). The first-order chi connectivity index (χ1) is 4.16. The molecule has 0 heterocycles. The second kappa shape index (κ2) is 4.06. The normalized spacial score (nSPS) is 12.2. The summed E-state index contributed by atoms with van der Waals surface area (Å²) in [5.41, 5.74) is 0.417. The lowest BCUT2D eigenvalue weighted by atomic mass is 10.2. The van der Waals surface area contributed by atoms with Crippen LogP contribution in [0.25, 0.3) is 0 Å². The number of carbonyl (C=O) groups excluding carboxylic acids is 1. The van der Waals surface area contributed by atoms with Crippen molar-refractivity contribution >= 4 is 6.41 Å². The third-order valence-electron chi connectivity index (χ3n) is 0.791. The number of rotatable bonds is 4. The zero-order chi connectivity index (χ0) is 7.28. The molecule has 0 bridgehead atoms. The summed E-state index contributed by atoms with van der Waals surface area (Å²) in [6.45, 7) is 4.82. The van der Waals surface area contributed by atoms with Crippen molar-refractivity contribution in [2.75, 3.05) is 0 Å². The van der Waals surface area contributed by atoms with Gasteiger partial charge in [-0.1, -0.05) is 6.58 Å². The first kappa shape index (κ1) is 8.14. The van der Waals surface area contributed by atoms with Gasteiger partial charge >= 0.3 is 0 Å². The number of carbonyl (C=O) groups is 1. The van der Waals surface area contributed by atoms with Crippen molar-refractivity contribution in [3.05, 3.63) is 12.3 Å². The van der Waals surface area contributed by atoms with Gasteiger partial charge in [0.15, 0.2) is 0 Å². The van der Waals surface area contributed by atoms with Crippen molar-refractivity contribution in [3.63, 3.8) is 0 Å². The molecule has 9 heavy (non-hydrogen) atoms. The van der Waals surface area contributed by atoms with Gasteiger partial charge in [0.1, 0.15) is 6.17 Å². The van der Waals surface area contributed by atoms with Gasteiger partial charge in [0.25, 0.3) is 0 Å². The van der Waals surface area contributed by atoms with Crippen LogP contribution >= 0.6 is 0 Å². The summed E-state index contributed by atoms with van der Waals surface area (Å²) >= 11 is 0. The molecule has 2 nitrogen and oxygen atoms in total. The van der Waals surface area contributed by atoms with Gasteiger partial charge in [-0.15, -0.1) is 0 Å². The summed E-state index contributed by atoms with van der Waals surface area (Å²) in [5.74, 6) is 0.